The van der Waals surface area contributed by atoms with Crippen molar-refractivity contribution < 1.29 is 14.7 Å². The molecule has 108 valence electrons. The average molecular weight is 297 g/mol. The maximum absolute atomic E-state index is 12.1. The molecule has 1 aromatic carbocycles. The number of halogens is 1. The van der Waals surface area contributed by atoms with Gasteiger partial charge in [-0.05, 0) is 30.0 Å². The molecule has 0 radical (unpaired) electrons. The predicted molar refractivity (Wildman–Crippen MR) is 77.3 cm³/mol. The number of nitrogens with one attached hydrogen (secondary N) is 1. The van der Waals surface area contributed by atoms with Gasteiger partial charge in [-0.25, -0.2) is 9.59 Å². The molecule has 0 saturated carbocycles. The van der Waals surface area contributed by atoms with Gasteiger partial charge < -0.3 is 15.3 Å². The summed E-state index contributed by atoms with van der Waals surface area (Å²) in [6, 6.07) is 4.05. The van der Waals surface area contributed by atoms with Gasteiger partial charge >= 0.3 is 12.0 Å². The summed E-state index contributed by atoms with van der Waals surface area (Å²) in [6.45, 7) is 5.68. The van der Waals surface area contributed by atoms with E-state index in [-0.39, 0.29) is 16.6 Å². The van der Waals surface area contributed by atoms with E-state index in [1.54, 1.807) is 4.90 Å². The molecule has 2 rings (SSSR count). The number of anilines is 1. The van der Waals surface area contributed by atoms with Crippen LogP contribution in [0.4, 0.5) is 10.5 Å². The van der Waals surface area contributed by atoms with Crippen molar-refractivity contribution in [3.8, 4) is 0 Å². The number of amides is 2. The van der Waals surface area contributed by atoms with Crippen molar-refractivity contribution >= 4 is 29.3 Å². The van der Waals surface area contributed by atoms with Gasteiger partial charge in [0.2, 0.25) is 0 Å². The second-order valence-electron chi connectivity index (χ2n) is 5.29. The van der Waals surface area contributed by atoms with Crippen LogP contribution < -0.4 is 5.32 Å². The largest absolute Gasteiger partial charge is 0.478 e. The third-order valence-corrected chi connectivity index (χ3v) is 4.05. The number of carboxylic acid groups (broad SMARTS) is 1. The van der Waals surface area contributed by atoms with E-state index in [1.165, 1.54) is 18.2 Å². The number of aromatic carboxylic acids is 1. The zero-order valence-corrected chi connectivity index (χ0v) is 12.1. The molecule has 1 saturated heterocycles. The van der Waals surface area contributed by atoms with Gasteiger partial charge in [-0.1, -0.05) is 25.4 Å². The van der Waals surface area contributed by atoms with Crippen LogP contribution in [0.3, 0.4) is 0 Å². The first-order valence-corrected chi connectivity index (χ1v) is 6.85. The van der Waals surface area contributed by atoms with Gasteiger partial charge in [0.1, 0.15) is 0 Å². The van der Waals surface area contributed by atoms with E-state index < -0.39 is 5.97 Å². The van der Waals surface area contributed by atoms with Gasteiger partial charge in [-0.15, -0.1) is 0 Å². The lowest BCUT2D eigenvalue weighted by Crippen LogP contribution is -2.33. The van der Waals surface area contributed by atoms with E-state index >= 15 is 0 Å². The van der Waals surface area contributed by atoms with Crippen molar-refractivity contribution in [3.05, 3.63) is 28.8 Å². The molecule has 0 bridgehead atoms. The Labute approximate surface area is 122 Å². The summed E-state index contributed by atoms with van der Waals surface area (Å²) in [5.41, 5.74) is 0.519. The third kappa shape index (κ3) is 3.04. The van der Waals surface area contributed by atoms with E-state index in [0.29, 0.717) is 17.5 Å². The number of nitrogens with zero attached hydrogens (tertiary/aromatic N) is 1. The van der Waals surface area contributed by atoms with Crippen LogP contribution in [0.5, 0.6) is 0 Å². The van der Waals surface area contributed by atoms with Crippen molar-refractivity contribution in [2.24, 2.45) is 11.8 Å². The number of urea groups is 1. The minimum absolute atomic E-state index is 0.0939. The van der Waals surface area contributed by atoms with Gasteiger partial charge in [0.05, 0.1) is 16.3 Å². The fourth-order valence-corrected chi connectivity index (χ4v) is 2.47. The van der Waals surface area contributed by atoms with E-state index in [0.717, 1.165) is 13.1 Å². The van der Waals surface area contributed by atoms with Crippen LogP contribution in [0, 0.1) is 11.8 Å². The highest BCUT2D eigenvalue weighted by Gasteiger charge is 2.29. The van der Waals surface area contributed by atoms with Crippen molar-refractivity contribution in [2.45, 2.75) is 13.8 Å². The fraction of sp³-hybridized carbons (Fsp3) is 0.429. The van der Waals surface area contributed by atoms with Crippen molar-refractivity contribution in [2.75, 3.05) is 18.4 Å². The summed E-state index contributed by atoms with van der Waals surface area (Å²) >= 11 is 5.98. The SMILES string of the molecule is CC1CN(C(=O)Nc2ccc(C(=O)O)cc2Cl)CC1C. The molecular weight excluding hydrogens is 280 g/mol. The van der Waals surface area contributed by atoms with Gasteiger partial charge in [0.15, 0.2) is 0 Å². The summed E-state index contributed by atoms with van der Waals surface area (Å²) in [4.78, 5) is 24.7. The van der Waals surface area contributed by atoms with E-state index in [9.17, 15) is 9.59 Å². The number of carboxylic acids is 1. The molecular formula is C14H17ClN2O3. The molecule has 1 aliphatic rings. The smallest absolute Gasteiger partial charge is 0.335 e. The molecule has 2 amide bonds. The summed E-state index contributed by atoms with van der Waals surface area (Å²) in [5, 5.41) is 11.8. The molecule has 6 heteroatoms. The molecule has 0 aromatic heterocycles. The van der Waals surface area contributed by atoms with Gasteiger partial charge in [0, 0.05) is 13.1 Å². The zero-order valence-electron chi connectivity index (χ0n) is 11.4. The first-order valence-electron chi connectivity index (χ1n) is 6.47. The molecule has 1 fully saturated rings. The Hall–Kier alpha value is -1.75. The van der Waals surface area contributed by atoms with Crippen molar-refractivity contribution in [1.82, 2.24) is 4.90 Å². The molecule has 1 heterocycles. The monoisotopic (exact) mass is 296 g/mol. The van der Waals surface area contributed by atoms with E-state index in [4.69, 9.17) is 16.7 Å². The van der Waals surface area contributed by atoms with Gasteiger partial charge in [-0.2, -0.15) is 0 Å². The van der Waals surface area contributed by atoms with Crippen LogP contribution in [-0.4, -0.2) is 35.1 Å². The lowest BCUT2D eigenvalue weighted by molar-refractivity contribution is 0.0697. The maximum Gasteiger partial charge on any atom is 0.335 e. The minimum atomic E-state index is -1.05. The number of carbonyl (C=O) groups excluding carboxylic acids is 1. The Balaban J connectivity index is 2.07. The number of benzene rings is 1. The highest BCUT2D eigenvalue weighted by Crippen LogP contribution is 2.26. The Kier molecular flexibility index (Phi) is 4.18. The van der Waals surface area contributed by atoms with E-state index in [2.05, 4.69) is 19.2 Å². The number of likely N-dealkylation sites (tertiary alicyclic amines) is 1. The van der Waals surface area contributed by atoms with Crippen LogP contribution in [0.15, 0.2) is 18.2 Å². The second kappa shape index (κ2) is 5.71. The average Bonchev–Trinajstić information content (AvgIpc) is 2.72. The number of hydrogen-bond acceptors (Lipinski definition) is 2. The quantitative estimate of drug-likeness (QED) is 0.881. The molecule has 0 spiro atoms. The fourth-order valence-electron chi connectivity index (χ4n) is 2.24. The molecule has 2 N–H and O–H groups in total. The third-order valence-electron chi connectivity index (χ3n) is 3.73. The van der Waals surface area contributed by atoms with Crippen LogP contribution >= 0.6 is 11.6 Å². The van der Waals surface area contributed by atoms with Crippen LogP contribution in [0.2, 0.25) is 5.02 Å². The summed E-state index contributed by atoms with van der Waals surface area (Å²) in [5.74, 6) is -0.0943. The summed E-state index contributed by atoms with van der Waals surface area (Å²) in [6.07, 6.45) is 0. The summed E-state index contributed by atoms with van der Waals surface area (Å²) in [7, 11) is 0. The Morgan fingerprint density at radius 1 is 1.30 bits per heavy atom. The first kappa shape index (κ1) is 14.7. The highest BCUT2D eigenvalue weighted by atomic mass is 35.5. The van der Waals surface area contributed by atoms with Crippen molar-refractivity contribution in [1.29, 1.82) is 0 Å². The van der Waals surface area contributed by atoms with Crippen LogP contribution in [0.25, 0.3) is 0 Å². The van der Waals surface area contributed by atoms with Crippen molar-refractivity contribution in [3.63, 3.8) is 0 Å². The highest BCUT2D eigenvalue weighted by molar-refractivity contribution is 6.34. The maximum atomic E-state index is 12.1. The predicted octanol–water partition coefficient (Wildman–Crippen LogP) is 3.16. The zero-order chi connectivity index (χ0) is 14.9. The molecule has 2 unspecified atom stereocenters. The molecule has 5 nitrogen and oxygen atoms in total. The van der Waals surface area contributed by atoms with Crippen LogP contribution in [-0.2, 0) is 0 Å². The number of hydrogen-bond donors (Lipinski definition) is 2. The van der Waals surface area contributed by atoms with Gasteiger partial charge in [-0.3, -0.25) is 0 Å². The van der Waals surface area contributed by atoms with Crippen LogP contribution in [0.1, 0.15) is 24.2 Å². The second-order valence-corrected chi connectivity index (χ2v) is 5.70. The first-order chi connectivity index (χ1) is 9.38. The minimum Gasteiger partial charge on any atom is -0.478 e. The molecule has 1 aliphatic heterocycles. The van der Waals surface area contributed by atoms with Gasteiger partial charge in [0.25, 0.3) is 0 Å². The molecule has 2 atom stereocenters. The normalized spacial score (nSPS) is 21.9. The standard InChI is InChI=1S/C14H17ClN2O3/c1-8-6-17(7-9(8)2)14(20)16-12-4-3-10(13(18)19)5-11(12)15/h3-5,8-9H,6-7H2,1-2H3,(H,16,20)(H,18,19). The number of rotatable bonds is 2. The van der Waals surface area contributed by atoms with E-state index in [1.807, 2.05) is 0 Å². The Bertz CT molecular complexity index is 537. The molecule has 0 aliphatic carbocycles. The summed E-state index contributed by atoms with van der Waals surface area (Å²) < 4.78 is 0. The lowest BCUT2D eigenvalue weighted by atomic mass is 10.0. The molecule has 20 heavy (non-hydrogen) atoms. The topological polar surface area (TPSA) is 69.6 Å². The number of carbonyl (C=O) groups is 2. The Morgan fingerprint density at radius 2 is 1.90 bits per heavy atom. The lowest BCUT2D eigenvalue weighted by Gasteiger charge is -2.17. The molecule has 1 aromatic rings. The Morgan fingerprint density at radius 3 is 2.40 bits per heavy atom.